The smallest absolute Gasteiger partial charge is 0.127 e. The minimum Gasteiger partial charge on any atom is -0.489 e. The SMILES string of the molecule is c1ccc(COc2ccc3c(c2)c2c4n3CC[NH2+][C@H]4CCC2)cc1. The highest BCUT2D eigenvalue weighted by molar-refractivity contribution is 5.87. The van der Waals surface area contributed by atoms with Gasteiger partial charge in [-0.15, -0.1) is 0 Å². The number of aromatic nitrogens is 1. The summed E-state index contributed by atoms with van der Waals surface area (Å²) in [6.07, 6.45) is 3.84. The van der Waals surface area contributed by atoms with Crippen LogP contribution in [0.4, 0.5) is 0 Å². The Morgan fingerprint density at radius 3 is 2.96 bits per heavy atom. The first-order valence-corrected chi connectivity index (χ1v) is 9.05. The number of nitrogens with two attached hydrogens (primary N) is 1. The Morgan fingerprint density at radius 2 is 2.04 bits per heavy atom. The van der Waals surface area contributed by atoms with Gasteiger partial charge in [0.25, 0.3) is 0 Å². The van der Waals surface area contributed by atoms with Gasteiger partial charge >= 0.3 is 0 Å². The van der Waals surface area contributed by atoms with Crippen molar-refractivity contribution in [3.8, 4) is 5.75 Å². The molecule has 1 aromatic heterocycles. The van der Waals surface area contributed by atoms with Crippen LogP contribution >= 0.6 is 0 Å². The lowest BCUT2D eigenvalue weighted by atomic mass is 9.91. The molecule has 1 aliphatic heterocycles. The van der Waals surface area contributed by atoms with Crippen molar-refractivity contribution in [3.63, 3.8) is 0 Å². The molecular formula is C21H23N2O+. The van der Waals surface area contributed by atoms with Gasteiger partial charge in [0, 0.05) is 17.3 Å². The minimum atomic E-state index is 0.631. The Hall–Kier alpha value is -2.26. The van der Waals surface area contributed by atoms with Crippen molar-refractivity contribution in [2.24, 2.45) is 0 Å². The van der Waals surface area contributed by atoms with Crippen LogP contribution in [-0.4, -0.2) is 11.1 Å². The standard InChI is InChI=1S/C21H22N2O/c1-2-5-15(6-3-1)14-24-16-9-10-20-18(13-16)17-7-4-8-19-21(17)23(20)12-11-22-19/h1-3,5-6,9-10,13,19,22H,4,7-8,11-12,14H2/p+1/t19-/m0/s1. The molecule has 0 unspecified atom stereocenters. The first-order chi connectivity index (χ1) is 11.9. The van der Waals surface area contributed by atoms with Crippen LogP contribution in [0.1, 0.15) is 35.7 Å². The summed E-state index contributed by atoms with van der Waals surface area (Å²) >= 11 is 0. The molecule has 24 heavy (non-hydrogen) atoms. The van der Waals surface area contributed by atoms with Gasteiger partial charge in [-0.3, -0.25) is 0 Å². The molecule has 2 aromatic carbocycles. The molecule has 2 N–H and O–H groups in total. The zero-order valence-electron chi connectivity index (χ0n) is 13.9. The van der Waals surface area contributed by atoms with Crippen LogP contribution in [-0.2, 0) is 19.6 Å². The molecule has 5 rings (SSSR count). The zero-order chi connectivity index (χ0) is 15.9. The van der Waals surface area contributed by atoms with Crippen LogP contribution in [0.3, 0.4) is 0 Å². The van der Waals surface area contributed by atoms with Gasteiger partial charge in [-0.25, -0.2) is 0 Å². The zero-order valence-corrected chi connectivity index (χ0v) is 13.9. The van der Waals surface area contributed by atoms with Crippen LogP contribution in [0.5, 0.6) is 5.75 Å². The molecule has 0 saturated heterocycles. The molecule has 1 atom stereocenters. The summed E-state index contributed by atoms with van der Waals surface area (Å²) in [6, 6.07) is 17.7. The maximum atomic E-state index is 6.06. The number of fused-ring (bicyclic) bond motifs is 3. The summed E-state index contributed by atoms with van der Waals surface area (Å²) in [5, 5.41) is 3.94. The molecule has 2 aliphatic rings. The third kappa shape index (κ3) is 2.23. The quantitative estimate of drug-likeness (QED) is 0.790. The van der Waals surface area contributed by atoms with Gasteiger partial charge in [0.2, 0.25) is 0 Å². The highest BCUT2D eigenvalue weighted by atomic mass is 16.5. The number of hydrogen-bond donors (Lipinski definition) is 1. The first-order valence-electron chi connectivity index (χ1n) is 9.05. The van der Waals surface area contributed by atoms with E-state index < -0.39 is 0 Å². The predicted octanol–water partition coefficient (Wildman–Crippen LogP) is 3.17. The van der Waals surface area contributed by atoms with Crippen molar-refractivity contribution in [1.29, 1.82) is 0 Å². The average Bonchev–Trinajstić information content (AvgIpc) is 2.97. The monoisotopic (exact) mass is 319 g/mol. The molecule has 0 radical (unpaired) electrons. The van der Waals surface area contributed by atoms with Gasteiger partial charge in [0.15, 0.2) is 0 Å². The van der Waals surface area contributed by atoms with Crippen molar-refractivity contribution < 1.29 is 10.1 Å². The molecule has 0 amide bonds. The van der Waals surface area contributed by atoms with Crippen LogP contribution in [0, 0.1) is 0 Å². The lowest BCUT2D eigenvalue weighted by Crippen LogP contribution is -2.88. The number of nitrogens with zero attached hydrogens (tertiary/aromatic N) is 1. The molecule has 122 valence electrons. The average molecular weight is 319 g/mol. The van der Waals surface area contributed by atoms with E-state index in [2.05, 4.69) is 52.3 Å². The summed E-state index contributed by atoms with van der Waals surface area (Å²) in [7, 11) is 0. The van der Waals surface area contributed by atoms with E-state index in [0.717, 1.165) is 12.3 Å². The lowest BCUT2D eigenvalue weighted by molar-refractivity contribution is -0.704. The number of benzene rings is 2. The Kier molecular flexibility index (Phi) is 3.34. The van der Waals surface area contributed by atoms with E-state index >= 15 is 0 Å². The van der Waals surface area contributed by atoms with Gasteiger partial charge in [-0.2, -0.15) is 0 Å². The summed E-state index contributed by atoms with van der Waals surface area (Å²) < 4.78 is 8.62. The molecule has 0 spiro atoms. The fraction of sp³-hybridized carbons (Fsp3) is 0.333. The number of rotatable bonds is 3. The van der Waals surface area contributed by atoms with Crippen molar-refractivity contribution >= 4 is 10.9 Å². The topological polar surface area (TPSA) is 30.8 Å². The molecule has 1 aliphatic carbocycles. The van der Waals surface area contributed by atoms with Gasteiger partial charge < -0.3 is 14.6 Å². The molecule has 0 bridgehead atoms. The Bertz CT molecular complexity index is 880. The summed E-state index contributed by atoms with van der Waals surface area (Å²) in [5.41, 5.74) is 5.77. The van der Waals surface area contributed by atoms with Gasteiger partial charge in [-0.05, 0) is 42.2 Å². The fourth-order valence-corrected chi connectivity index (χ4v) is 4.45. The number of ether oxygens (including phenoxy) is 1. The molecule has 3 heteroatoms. The van der Waals surface area contributed by atoms with Crippen LogP contribution < -0.4 is 10.1 Å². The number of quaternary nitrogens is 1. The Labute approximate surface area is 142 Å². The van der Waals surface area contributed by atoms with Crippen LogP contribution in [0.2, 0.25) is 0 Å². The van der Waals surface area contributed by atoms with E-state index in [1.807, 2.05) is 6.07 Å². The predicted molar refractivity (Wildman–Crippen MR) is 95.2 cm³/mol. The summed E-state index contributed by atoms with van der Waals surface area (Å²) in [6.45, 7) is 2.96. The van der Waals surface area contributed by atoms with Crippen molar-refractivity contribution in [2.75, 3.05) is 6.54 Å². The number of hydrogen-bond acceptors (Lipinski definition) is 1. The van der Waals surface area contributed by atoms with Crippen molar-refractivity contribution in [3.05, 3.63) is 65.4 Å². The largest absolute Gasteiger partial charge is 0.489 e. The molecule has 3 nitrogen and oxygen atoms in total. The van der Waals surface area contributed by atoms with Crippen LogP contribution in [0.15, 0.2) is 48.5 Å². The highest BCUT2D eigenvalue weighted by Gasteiger charge is 2.32. The third-order valence-corrected chi connectivity index (χ3v) is 5.53. The lowest BCUT2D eigenvalue weighted by Gasteiger charge is -2.27. The van der Waals surface area contributed by atoms with Gasteiger partial charge in [-0.1, -0.05) is 30.3 Å². The van der Waals surface area contributed by atoms with Crippen LogP contribution in [0.25, 0.3) is 10.9 Å². The van der Waals surface area contributed by atoms with E-state index in [1.54, 1.807) is 11.3 Å². The van der Waals surface area contributed by atoms with Gasteiger partial charge in [0.05, 0.1) is 18.8 Å². The number of aryl methyl sites for hydroxylation is 1. The van der Waals surface area contributed by atoms with Crippen molar-refractivity contribution in [1.82, 2.24) is 4.57 Å². The summed E-state index contributed by atoms with van der Waals surface area (Å²) in [4.78, 5) is 0. The normalized spacial score (nSPS) is 19.2. The maximum Gasteiger partial charge on any atom is 0.127 e. The van der Waals surface area contributed by atoms with E-state index in [0.29, 0.717) is 12.6 Å². The van der Waals surface area contributed by atoms with E-state index in [4.69, 9.17) is 4.74 Å². The van der Waals surface area contributed by atoms with Gasteiger partial charge in [0.1, 0.15) is 18.4 Å². The third-order valence-electron chi connectivity index (χ3n) is 5.53. The first kappa shape index (κ1) is 14.1. The fourth-order valence-electron chi connectivity index (χ4n) is 4.45. The second-order valence-corrected chi connectivity index (χ2v) is 6.99. The Morgan fingerprint density at radius 1 is 1.12 bits per heavy atom. The summed E-state index contributed by atoms with van der Waals surface area (Å²) in [5.74, 6) is 0.983. The molecular weight excluding hydrogens is 296 g/mol. The highest BCUT2D eigenvalue weighted by Crippen LogP contribution is 2.38. The van der Waals surface area contributed by atoms with Crippen molar-refractivity contribution in [2.45, 2.75) is 38.5 Å². The second-order valence-electron chi connectivity index (χ2n) is 6.99. The maximum absolute atomic E-state index is 6.06. The Balaban J connectivity index is 1.52. The minimum absolute atomic E-state index is 0.631. The molecule has 0 fully saturated rings. The van der Waals surface area contributed by atoms with E-state index in [9.17, 15) is 0 Å². The second kappa shape index (κ2) is 5.67. The molecule has 2 heterocycles. The van der Waals surface area contributed by atoms with E-state index in [-0.39, 0.29) is 0 Å². The van der Waals surface area contributed by atoms with E-state index in [1.165, 1.54) is 42.3 Å². The molecule has 3 aromatic rings. The molecule has 0 saturated carbocycles.